The minimum Gasteiger partial charge on any atom is -0.493 e. The molecule has 0 bridgehead atoms. The van der Waals surface area contributed by atoms with Crippen LogP contribution in [-0.2, 0) is 9.53 Å². The highest BCUT2D eigenvalue weighted by molar-refractivity contribution is 6.06. The number of benzene rings is 2. The third kappa shape index (κ3) is 5.71. The maximum absolute atomic E-state index is 13.1. The molecule has 0 aliphatic heterocycles. The van der Waals surface area contributed by atoms with E-state index in [1.807, 2.05) is 50.2 Å². The first kappa shape index (κ1) is 22.2. The number of ether oxygens (including phenoxy) is 2. The number of carbonyl (C=O) groups is 1. The number of hydrogen-bond acceptors (Lipinski definition) is 3. The molecule has 0 aromatic heterocycles. The van der Waals surface area contributed by atoms with Crippen LogP contribution in [0.15, 0.2) is 36.4 Å². The lowest BCUT2D eigenvalue weighted by atomic mass is 9.96. The summed E-state index contributed by atoms with van der Waals surface area (Å²) >= 11 is 0. The molecule has 1 unspecified atom stereocenters. The largest absolute Gasteiger partial charge is 0.493 e. The Morgan fingerprint density at radius 1 is 0.964 bits per heavy atom. The van der Waals surface area contributed by atoms with E-state index in [2.05, 4.69) is 19.2 Å². The summed E-state index contributed by atoms with van der Waals surface area (Å²) in [5, 5.41) is 5.11. The Hall–Kier alpha value is -2.07. The van der Waals surface area contributed by atoms with Gasteiger partial charge in [-0.05, 0) is 38.8 Å². The van der Waals surface area contributed by atoms with Gasteiger partial charge in [0.15, 0.2) is 0 Å². The van der Waals surface area contributed by atoms with Crippen LogP contribution in [0, 0.1) is 0 Å². The summed E-state index contributed by atoms with van der Waals surface area (Å²) in [6.07, 6.45) is 6.04. The summed E-state index contributed by atoms with van der Waals surface area (Å²) in [4.78, 5) is 13.1. The van der Waals surface area contributed by atoms with Crippen molar-refractivity contribution in [3.8, 4) is 5.75 Å². The highest BCUT2D eigenvalue weighted by Crippen LogP contribution is 2.33. The molecule has 2 aromatic rings. The summed E-state index contributed by atoms with van der Waals surface area (Å²) in [7, 11) is 0. The number of amides is 1. The van der Waals surface area contributed by atoms with Crippen molar-refractivity contribution in [2.75, 3.05) is 18.5 Å². The summed E-state index contributed by atoms with van der Waals surface area (Å²) in [5.74, 6) is 0.771. The van der Waals surface area contributed by atoms with Gasteiger partial charge < -0.3 is 14.8 Å². The second-order valence-electron chi connectivity index (χ2n) is 7.43. The fraction of sp³-hybridized carbons (Fsp3) is 0.542. The molecular weight excluding hydrogens is 350 g/mol. The van der Waals surface area contributed by atoms with Crippen LogP contribution in [0.3, 0.4) is 0 Å². The van der Waals surface area contributed by atoms with Crippen molar-refractivity contribution in [1.29, 1.82) is 0 Å². The first-order valence-corrected chi connectivity index (χ1v) is 10.7. The fourth-order valence-corrected chi connectivity index (χ4v) is 3.37. The number of nitrogens with one attached hydrogen (secondary N) is 1. The van der Waals surface area contributed by atoms with Gasteiger partial charge in [0.1, 0.15) is 11.4 Å². The van der Waals surface area contributed by atoms with Gasteiger partial charge in [-0.1, -0.05) is 63.8 Å². The van der Waals surface area contributed by atoms with Gasteiger partial charge in [0, 0.05) is 23.1 Å². The van der Waals surface area contributed by atoms with E-state index in [1.165, 1.54) is 0 Å². The van der Waals surface area contributed by atoms with E-state index < -0.39 is 5.60 Å². The van der Waals surface area contributed by atoms with Gasteiger partial charge in [-0.25, -0.2) is 0 Å². The molecule has 1 N–H and O–H groups in total. The van der Waals surface area contributed by atoms with Gasteiger partial charge >= 0.3 is 0 Å². The number of rotatable bonds is 12. The summed E-state index contributed by atoms with van der Waals surface area (Å²) in [6, 6.07) is 11.9. The molecule has 0 saturated carbocycles. The Labute approximate surface area is 169 Å². The molecule has 154 valence electrons. The Morgan fingerprint density at radius 2 is 1.68 bits per heavy atom. The Bertz CT molecular complexity index is 759. The Kier molecular flexibility index (Phi) is 8.78. The third-order valence-electron chi connectivity index (χ3n) is 5.09. The smallest absolute Gasteiger partial charge is 0.256 e. The predicted octanol–water partition coefficient (Wildman–Crippen LogP) is 6.33. The van der Waals surface area contributed by atoms with E-state index in [0.717, 1.165) is 60.7 Å². The van der Waals surface area contributed by atoms with Crippen molar-refractivity contribution in [3.63, 3.8) is 0 Å². The highest BCUT2D eigenvalue weighted by Gasteiger charge is 2.33. The van der Waals surface area contributed by atoms with Gasteiger partial charge in [0.25, 0.3) is 5.91 Å². The molecular formula is C24H35NO3. The summed E-state index contributed by atoms with van der Waals surface area (Å²) < 4.78 is 11.8. The van der Waals surface area contributed by atoms with E-state index in [0.29, 0.717) is 13.2 Å². The number of anilines is 1. The molecule has 2 aromatic carbocycles. The van der Waals surface area contributed by atoms with E-state index >= 15 is 0 Å². The number of unbranched alkanes of at least 4 members (excludes halogenated alkanes) is 3. The minimum atomic E-state index is -0.818. The molecule has 0 fully saturated rings. The lowest BCUT2D eigenvalue weighted by molar-refractivity contribution is -0.139. The maximum Gasteiger partial charge on any atom is 0.256 e. The lowest BCUT2D eigenvalue weighted by Gasteiger charge is -2.28. The second-order valence-corrected chi connectivity index (χ2v) is 7.43. The van der Waals surface area contributed by atoms with Crippen LogP contribution in [0.2, 0.25) is 0 Å². The SMILES string of the molecule is CCCCCC(C)(OCC)C(=O)Nc1ccc(OCCCC)c2ccccc12. The van der Waals surface area contributed by atoms with E-state index in [9.17, 15) is 4.79 Å². The van der Waals surface area contributed by atoms with Crippen molar-refractivity contribution in [2.45, 2.75) is 71.8 Å². The molecule has 0 aliphatic carbocycles. The Morgan fingerprint density at radius 3 is 2.36 bits per heavy atom. The molecule has 0 radical (unpaired) electrons. The zero-order valence-corrected chi connectivity index (χ0v) is 17.8. The topological polar surface area (TPSA) is 47.6 Å². The molecule has 1 amide bonds. The molecule has 0 spiro atoms. The second kappa shape index (κ2) is 11.1. The average Bonchev–Trinajstić information content (AvgIpc) is 2.70. The van der Waals surface area contributed by atoms with Crippen LogP contribution >= 0.6 is 0 Å². The monoisotopic (exact) mass is 385 g/mol. The molecule has 4 heteroatoms. The van der Waals surface area contributed by atoms with Gasteiger partial charge in [0.05, 0.1) is 6.61 Å². The number of fused-ring (bicyclic) bond motifs is 1. The van der Waals surface area contributed by atoms with Crippen molar-refractivity contribution < 1.29 is 14.3 Å². The maximum atomic E-state index is 13.1. The molecule has 4 nitrogen and oxygen atoms in total. The van der Waals surface area contributed by atoms with Crippen LogP contribution in [-0.4, -0.2) is 24.7 Å². The highest BCUT2D eigenvalue weighted by atomic mass is 16.5. The van der Waals surface area contributed by atoms with Crippen LogP contribution in [0.5, 0.6) is 5.75 Å². The summed E-state index contributed by atoms with van der Waals surface area (Å²) in [5.41, 5.74) is -0.0220. The van der Waals surface area contributed by atoms with Crippen LogP contribution in [0.1, 0.15) is 66.2 Å². The molecule has 0 heterocycles. The Balaban J connectivity index is 2.24. The van der Waals surface area contributed by atoms with Crippen LogP contribution in [0.4, 0.5) is 5.69 Å². The van der Waals surface area contributed by atoms with Crippen molar-refractivity contribution in [1.82, 2.24) is 0 Å². The van der Waals surface area contributed by atoms with Crippen molar-refractivity contribution in [2.24, 2.45) is 0 Å². The van der Waals surface area contributed by atoms with E-state index in [1.54, 1.807) is 0 Å². The lowest BCUT2D eigenvalue weighted by Crippen LogP contribution is -2.42. The molecule has 1 atom stereocenters. The quantitative estimate of drug-likeness (QED) is 0.434. The van der Waals surface area contributed by atoms with Gasteiger partial charge in [-0.3, -0.25) is 4.79 Å². The molecule has 28 heavy (non-hydrogen) atoms. The van der Waals surface area contributed by atoms with E-state index in [-0.39, 0.29) is 5.91 Å². The summed E-state index contributed by atoms with van der Waals surface area (Å²) in [6.45, 7) is 9.35. The first-order valence-electron chi connectivity index (χ1n) is 10.7. The predicted molar refractivity (Wildman–Crippen MR) is 117 cm³/mol. The molecule has 2 rings (SSSR count). The van der Waals surface area contributed by atoms with Crippen molar-refractivity contribution in [3.05, 3.63) is 36.4 Å². The third-order valence-corrected chi connectivity index (χ3v) is 5.09. The normalized spacial score (nSPS) is 13.3. The van der Waals surface area contributed by atoms with E-state index in [4.69, 9.17) is 9.47 Å². The zero-order valence-electron chi connectivity index (χ0n) is 17.8. The minimum absolute atomic E-state index is 0.0877. The van der Waals surface area contributed by atoms with Crippen molar-refractivity contribution >= 4 is 22.4 Å². The molecule has 0 saturated heterocycles. The average molecular weight is 386 g/mol. The van der Waals surface area contributed by atoms with Gasteiger partial charge in [0.2, 0.25) is 0 Å². The molecule has 0 aliphatic rings. The van der Waals surface area contributed by atoms with Crippen LogP contribution in [0.25, 0.3) is 10.8 Å². The standard InChI is InChI=1S/C24H35NO3/c1-5-8-12-17-24(4,28-7-3)23(26)25-21-15-16-22(27-18-9-6-2)20-14-11-10-13-19(20)21/h10-11,13-16H,5-9,12,17-18H2,1-4H3,(H,25,26). The number of carbonyl (C=O) groups excluding carboxylic acids is 1. The first-order chi connectivity index (χ1) is 13.6. The number of hydrogen-bond donors (Lipinski definition) is 1. The van der Waals surface area contributed by atoms with Gasteiger partial charge in [-0.15, -0.1) is 0 Å². The van der Waals surface area contributed by atoms with Gasteiger partial charge in [-0.2, -0.15) is 0 Å². The fourth-order valence-electron chi connectivity index (χ4n) is 3.37. The zero-order chi connectivity index (χ0) is 20.4. The van der Waals surface area contributed by atoms with Crippen LogP contribution < -0.4 is 10.1 Å².